The van der Waals surface area contributed by atoms with E-state index in [9.17, 15) is 9.59 Å². The maximum atomic E-state index is 12.8. The van der Waals surface area contributed by atoms with E-state index in [4.69, 9.17) is 5.73 Å². The Kier molecular flexibility index (Phi) is 5.92. The maximum Gasteiger partial charge on any atom is 0.275 e. The summed E-state index contributed by atoms with van der Waals surface area (Å²) in [6.45, 7) is 1.29. The van der Waals surface area contributed by atoms with Gasteiger partial charge in [-0.2, -0.15) is 10.2 Å². The number of hydrogen-bond donors (Lipinski definition) is 3. The third-order valence-corrected chi connectivity index (χ3v) is 6.52. The molecule has 9 nitrogen and oxygen atoms in total. The lowest BCUT2D eigenvalue weighted by Crippen LogP contribution is -2.59. The van der Waals surface area contributed by atoms with Gasteiger partial charge in [-0.25, -0.2) is 4.98 Å². The Hall–Kier alpha value is -3.37. The number of hydrogen-bond acceptors (Lipinski definition) is 8. The Labute approximate surface area is 183 Å². The first-order valence-electron chi connectivity index (χ1n) is 9.89. The largest absolute Gasteiger partial charge is 0.370 e. The molecule has 1 saturated heterocycles. The summed E-state index contributed by atoms with van der Waals surface area (Å²) in [5.41, 5.74) is 7.68. The van der Waals surface area contributed by atoms with Crippen molar-refractivity contribution in [1.29, 1.82) is 0 Å². The number of carbonyl (C=O) groups excluding carboxylic acids is 2. The molecule has 0 saturated carbocycles. The highest BCUT2D eigenvalue weighted by Gasteiger charge is 2.38. The first-order chi connectivity index (χ1) is 15.0. The lowest BCUT2D eigenvalue weighted by Gasteiger charge is -2.41. The number of amides is 2. The first kappa shape index (κ1) is 20.9. The summed E-state index contributed by atoms with van der Waals surface area (Å²) in [5.74, 6) is -0.615. The molecule has 4 rings (SSSR count). The molecule has 0 bridgehead atoms. The maximum absolute atomic E-state index is 12.8. The normalized spacial score (nSPS) is 15.5. The van der Waals surface area contributed by atoms with Crippen LogP contribution in [0.25, 0.3) is 10.6 Å². The van der Waals surface area contributed by atoms with Crippen LogP contribution in [0.2, 0.25) is 0 Å². The van der Waals surface area contributed by atoms with Crippen molar-refractivity contribution in [1.82, 2.24) is 20.5 Å². The number of nitrogens with zero attached hydrogens (tertiary/aromatic N) is 4. The fraction of sp³-hybridized carbons (Fsp3) is 0.286. The molecule has 1 fully saturated rings. The zero-order chi connectivity index (χ0) is 21.8. The number of carbonyl (C=O) groups is 2. The smallest absolute Gasteiger partial charge is 0.275 e. The van der Waals surface area contributed by atoms with Gasteiger partial charge in [-0.15, -0.1) is 11.3 Å². The Morgan fingerprint density at radius 3 is 2.61 bits per heavy atom. The van der Waals surface area contributed by atoms with Crippen LogP contribution in [-0.2, 0) is 4.79 Å². The van der Waals surface area contributed by atoms with Crippen LogP contribution in [0.4, 0.5) is 11.4 Å². The summed E-state index contributed by atoms with van der Waals surface area (Å²) in [5, 5.41) is 16.1. The molecule has 10 heteroatoms. The first-order valence-corrected chi connectivity index (χ1v) is 10.8. The molecule has 1 aromatic carbocycles. The van der Waals surface area contributed by atoms with Crippen molar-refractivity contribution in [3.8, 4) is 10.6 Å². The zero-order valence-electron chi connectivity index (χ0n) is 17.0. The number of likely N-dealkylation sites (N-methyl/N-ethyl adjacent to an activating group) is 1. The molecule has 0 radical (unpaired) electrons. The van der Waals surface area contributed by atoms with Crippen molar-refractivity contribution in [2.24, 2.45) is 5.73 Å². The van der Waals surface area contributed by atoms with Crippen LogP contribution in [0.3, 0.4) is 0 Å². The van der Waals surface area contributed by atoms with Gasteiger partial charge in [0.1, 0.15) is 16.2 Å². The summed E-state index contributed by atoms with van der Waals surface area (Å²) in [6.07, 6.45) is 4.39. The Bertz CT molecular complexity index is 1080. The molecule has 2 amide bonds. The second-order valence-corrected chi connectivity index (χ2v) is 8.18. The van der Waals surface area contributed by atoms with E-state index in [1.807, 2.05) is 24.3 Å². The molecule has 4 N–H and O–H groups in total. The molecule has 3 aromatic rings. The molecule has 160 valence electrons. The topological polar surface area (TPSA) is 126 Å². The highest BCUT2D eigenvalue weighted by molar-refractivity contribution is 7.13. The van der Waals surface area contributed by atoms with Gasteiger partial charge in [0.2, 0.25) is 5.91 Å². The average Bonchev–Trinajstić information content (AvgIpc) is 3.31. The molecule has 1 aliphatic heterocycles. The number of benzene rings is 1. The number of thiazole rings is 1. The van der Waals surface area contributed by atoms with Gasteiger partial charge in [-0.05, 0) is 38.1 Å². The third kappa shape index (κ3) is 4.25. The fourth-order valence-electron chi connectivity index (χ4n) is 3.72. The monoisotopic (exact) mass is 437 g/mol. The quantitative estimate of drug-likeness (QED) is 0.538. The Morgan fingerprint density at radius 1 is 1.16 bits per heavy atom. The van der Waals surface area contributed by atoms with Crippen molar-refractivity contribution < 1.29 is 9.59 Å². The van der Waals surface area contributed by atoms with Gasteiger partial charge in [-0.3, -0.25) is 9.59 Å². The highest BCUT2D eigenvalue weighted by Crippen LogP contribution is 2.32. The molecule has 0 aliphatic carbocycles. The van der Waals surface area contributed by atoms with E-state index in [1.54, 1.807) is 30.9 Å². The lowest BCUT2D eigenvalue weighted by molar-refractivity contribution is -0.125. The average molecular weight is 438 g/mol. The van der Waals surface area contributed by atoms with Crippen molar-refractivity contribution in [3.05, 3.63) is 53.8 Å². The number of anilines is 2. The van der Waals surface area contributed by atoms with Crippen LogP contribution in [0, 0.1) is 0 Å². The summed E-state index contributed by atoms with van der Waals surface area (Å²) >= 11 is 1.38. The van der Waals surface area contributed by atoms with Gasteiger partial charge < -0.3 is 21.3 Å². The number of primary amides is 1. The van der Waals surface area contributed by atoms with Gasteiger partial charge in [0, 0.05) is 24.0 Å². The number of rotatable bonds is 6. The summed E-state index contributed by atoms with van der Waals surface area (Å²) in [4.78, 5) is 31.3. The molecule has 1 aliphatic rings. The number of aromatic nitrogens is 3. The molecule has 0 spiro atoms. The van der Waals surface area contributed by atoms with Crippen molar-refractivity contribution >= 4 is 34.5 Å². The number of nitrogens with two attached hydrogens (primary N) is 1. The number of para-hydroxylation sites is 2. The molecule has 0 atom stereocenters. The number of piperidine rings is 1. The van der Waals surface area contributed by atoms with Crippen molar-refractivity contribution in [2.45, 2.75) is 18.4 Å². The zero-order valence-corrected chi connectivity index (χ0v) is 17.9. The van der Waals surface area contributed by atoms with Gasteiger partial charge in [-0.1, -0.05) is 12.1 Å². The minimum absolute atomic E-state index is 0.282. The van der Waals surface area contributed by atoms with E-state index in [-0.39, 0.29) is 11.8 Å². The van der Waals surface area contributed by atoms with Gasteiger partial charge >= 0.3 is 0 Å². The van der Waals surface area contributed by atoms with Crippen LogP contribution < -0.4 is 21.3 Å². The van der Waals surface area contributed by atoms with Crippen LogP contribution in [0.5, 0.6) is 0 Å². The predicted molar refractivity (Wildman–Crippen MR) is 120 cm³/mol. The van der Waals surface area contributed by atoms with Crippen LogP contribution in [0.1, 0.15) is 23.3 Å². The van der Waals surface area contributed by atoms with Gasteiger partial charge in [0.05, 0.1) is 23.8 Å². The lowest BCUT2D eigenvalue weighted by atomic mass is 9.86. The minimum atomic E-state index is -0.687. The van der Waals surface area contributed by atoms with E-state index in [0.29, 0.717) is 42.3 Å². The Balaban J connectivity index is 1.49. The number of nitrogens with one attached hydrogen (secondary N) is 2. The van der Waals surface area contributed by atoms with E-state index in [1.165, 1.54) is 11.3 Å². The molecular formula is C21H23N7O2S. The predicted octanol–water partition coefficient (Wildman–Crippen LogP) is 1.90. The minimum Gasteiger partial charge on any atom is -0.370 e. The standard InChI is InChI=1S/C21H23N7O2S/c1-23-21(20(22)30)7-10-28(11-8-21)17-5-3-2-4-15(17)26-18(29)16-13-31-19(27-16)14-6-9-24-25-12-14/h2-6,9,12-13,23H,7-8,10-11H2,1H3,(H2,22,30)(H,26,29). The molecule has 0 unspecified atom stereocenters. The summed E-state index contributed by atoms with van der Waals surface area (Å²) in [6, 6.07) is 9.43. The van der Waals surface area contributed by atoms with E-state index >= 15 is 0 Å². The molecule has 31 heavy (non-hydrogen) atoms. The summed E-state index contributed by atoms with van der Waals surface area (Å²) < 4.78 is 0. The second kappa shape index (κ2) is 8.78. The molecule has 3 heterocycles. The van der Waals surface area contributed by atoms with E-state index < -0.39 is 5.54 Å². The van der Waals surface area contributed by atoms with Gasteiger partial charge in [0.25, 0.3) is 5.91 Å². The molecular weight excluding hydrogens is 414 g/mol. The van der Waals surface area contributed by atoms with Crippen LogP contribution in [0.15, 0.2) is 48.1 Å². The molecule has 2 aromatic heterocycles. The highest BCUT2D eigenvalue weighted by atomic mass is 32.1. The Morgan fingerprint density at radius 2 is 1.94 bits per heavy atom. The second-order valence-electron chi connectivity index (χ2n) is 7.32. The van der Waals surface area contributed by atoms with E-state index in [2.05, 4.69) is 30.7 Å². The van der Waals surface area contributed by atoms with Crippen molar-refractivity contribution in [2.75, 3.05) is 30.4 Å². The summed E-state index contributed by atoms with van der Waals surface area (Å²) in [7, 11) is 1.76. The SMILES string of the molecule is CNC1(C(N)=O)CCN(c2ccccc2NC(=O)c2csc(-c3ccnnc3)n2)CC1. The van der Waals surface area contributed by atoms with Crippen LogP contribution >= 0.6 is 11.3 Å². The fourth-order valence-corrected chi connectivity index (χ4v) is 4.51. The third-order valence-electron chi connectivity index (χ3n) is 5.63. The van der Waals surface area contributed by atoms with E-state index in [0.717, 1.165) is 11.3 Å². The van der Waals surface area contributed by atoms with Gasteiger partial charge in [0.15, 0.2) is 0 Å². The van der Waals surface area contributed by atoms with Crippen molar-refractivity contribution in [3.63, 3.8) is 0 Å². The van der Waals surface area contributed by atoms with Crippen LogP contribution in [-0.4, -0.2) is 52.7 Å².